The predicted octanol–water partition coefficient (Wildman–Crippen LogP) is 1.17. The summed E-state index contributed by atoms with van der Waals surface area (Å²) in [5.41, 5.74) is 0. The molecular weight excluding hydrogens is 199 g/mol. The molecule has 0 saturated carbocycles. The number of halogens is 3. The van der Waals surface area contributed by atoms with E-state index in [1.807, 2.05) is 0 Å². The second-order valence-corrected chi connectivity index (χ2v) is 3.20. The molecule has 0 unspecified atom stereocenters. The van der Waals surface area contributed by atoms with E-state index in [0.717, 1.165) is 4.90 Å². The van der Waals surface area contributed by atoms with Crippen LogP contribution in [0.4, 0.5) is 13.2 Å². The Labute approximate surface area is 80.5 Å². The number of aliphatic hydroxyl groups is 1. The number of aliphatic hydroxyl groups excluding tert-OH is 1. The quantitative estimate of drug-likeness (QED) is 0.761. The summed E-state index contributed by atoms with van der Waals surface area (Å²) in [5.74, 6) is -0.999. The van der Waals surface area contributed by atoms with Gasteiger partial charge in [0.05, 0.1) is 6.61 Å². The van der Waals surface area contributed by atoms with Crippen LogP contribution >= 0.6 is 0 Å². The van der Waals surface area contributed by atoms with Crippen molar-refractivity contribution in [2.45, 2.75) is 32.5 Å². The molecule has 1 N–H and O–H groups in total. The summed E-state index contributed by atoms with van der Waals surface area (Å²) in [6.07, 6.45) is -5.95. The van der Waals surface area contributed by atoms with Gasteiger partial charge in [0, 0.05) is 12.6 Å². The molecule has 0 bridgehead atoms. The fourth-order valence-electron chi connectivity index (χ4n) is 1.05. The average molecular weight is 213 g/mol. The highest BCUT2D eigenvalue weighted by molar-refractivity contribution is 5.77. The largest absolute Gasteiger partial charge is 0.397 e. The van der Waals surface area contributed by atoms with Gasteiger partial charge in [-0.05, 0) is 13.8 Å². The van der Waals surface area contributed by atoms with Gasteiger partial charge in [0.2, 0.25) is 5.91 Å². The smallest absolute Gasteiger partial charge is 0.395 e. The highest BCUT2D eigenvalue weighted by atomic mass is 19.4. The minimum Gasteiger partial charge on any atom is -0.395 e. The van der Waals surface area contributed by atoms with Crippen molar-refractivity contribution in [2.75, 3.05) is 13.2 Å². The van der Waals surface area contributed by atoms with Crippen molar-refractivity contribution in [3.8, 4) is 0 Å². The average Bonchev–Trinajstić information content (AvgIpc) is 1.95. The zero-order chi connectivity index (χ0) is 11.4. The predicted molar refractivity (Wildman–Crippen MR) is 44.6 cm³/mol. The maximum absolute atomic E-state index is 11.9. The molecule has 0 aliphatic carbocycles. The molecule has 0 atom stereocenters. The Morgan fingerprint density at radius 1 is 1.43 bits per heavy atom. The summed E-state index contributed by atoms with van der Waals surface area (Å²) in [6.45, 7) is 2.81. The number of hydrogen-bond acceptors (Lipinski definition) is 2. The Balaban J connectivity index is 4.30. The lowest BCUT2D eigenvalue weighted by Crippen LogP contribution is -2.40. The third-order valence-corrected chi connectivity index (χ3v) is 1.64. The van der Waals surface area contributed by atoms with Crippen LogP contribution in [-0.2, 0) is 4.79 Å². The fraction of sp³-hybridized carbons (Fsp3) is 0.875. The lowest BCUT2D eigenvalue weighted by Gasteiger charge is -2.26. The van der Waals surface area contributed by atoms with Crippen LogP contribution in [0, 0.1) is 0 Å². The normalized spacial score (nSPS) is 11.9. The molecule has 0 fully saturated rings. The first-order chi connectivity index (χ1) is 6.28. The van der Waals surface area contributed by atoms with Crippen LogP contribution in [0.25, 0.3) is 0 Å². The first kappa shape index (κ1) is 13.2. The van der Waals surface area contributed by atoms with Gasteiger partial charge in [0.25, 0.3) is 0 Å². The van der Waals surface area contributed by atoms with E-state index in [1.165, 1.54) is 0 Å². The van der Waals surface area contributed by atoms with E-state index in [1.54, 1.807) is 13.8 Å². The van der Waals surface area contributed by atoms with Gasteiger partial charge in [-0.3, -0.25) is 4.79 Å². The summed E-state index contributed by atoms with van der Waals surface area (Å²) in [5, 5.41) is 8.56. The number of rotatable bonds is 4. The van der Waals surface area contributed by atoms with Crippen LogP contribution < -0.4 is 0 Å². The Kier molecular flexibility index (Phi) is 4.90. The summed E-state index contributed by atoms with van der Waals surface area (Å²) >= 11 is 0. The van der Waals surface area contributed by atoms with E-state index < -0.39 is 18.5 Å². The lowest BCUT2D eigenvalue weighted by molar-refractivity contribution is -0.163. The molecule has 0 radical (unpaired) electrons. The van der Waals surface area contributed by atoms with Crippen molar-refractivity contribution in [1.29, 1.82) is 0 Å². The number of carbonyl (C=O) groups excluding carboxylic acids is 1. The Morgan fingerprint density at radius 3 is 2.21 bits per heavy atom. The molecule has 0 heterocycles. The van der Waals surface area contributed by atoms with Gasteiger partial charge in [-0.1, -0.05) is 0 Å². The number of amides is 1. The maximum Gasteiger partial charge on any atom is 0.397 e. The summed E-state index contributed by atoms with van der Waals surface area (Å²) in [4.78, 5) is 12.1. The second kappa shape index (κ2) is 5.19. The van der Waals surface area contributed by atoms with E-state index in [2.05, 4.69) is 0 Å². The minimum absolute atomic E-state index is 0.0629. The standard InChI is InChI=1S/C8H14F3NO2/c1-6(2)12(3-4-13)7(14)5-8(9,10)11/h6,13H,3-5H2,1-2H3. The molecule has 0 aliphatic rings. The Morgan fingerprint density at radius 2 is 1.93 bits per heavy atom. The Bertz CT molecular complexity index is 192. The molecule has 1 amide bonds. The molecule has 14 heavy (non-hydrogen) atoms. The van der Waals surface area contributed by atoms with Crippen molar-refractivity contribution < 1.29 is 23.1 Å². The van der Waals surface area contributed by atoms with Gasteiger partial charge in [0.15, 0.2) is 0 Å². The molecule has 0 rings (SSSR count). The number of alkyl halides is 3. The molecule has 0 aromatic carbocycles. The second-order valence-electron chi connectivity index (χ2n) is 3.20. The van der Waals surface area contributed by atoms with Gasteiger partial charge in [-0.25, -0.2) is 0 Å². The summed E-state index contributed by atoms with van der Waals surface area (Å²) in [6, 6.07) is -0.336. The summed E-state index contributed by atoms with van der Waals surface area (Å²) < 4.78 is 35.6. The highest BCUT2D eigenvalue weighted by Gasteiger charge is 2.33. The molecule has 0 spiro atoms. The molecule has 0 saturated heterocycles. The lowest BCUT2D eigenvalue weighted by atomic mass is 10.2. The fourth-order valence-corrected chi connectivity index (χ4v) is 1.05. The van der Waals surface area contributed by atoms with Crippen LogP contribution in [0.15, 0.2) is 0 Å². The van der Waals surface area contributed by atoms with Crippen LogP contribution in [-0.4, -0.2) is 41.3 Å². The summed E-state index contributed by atoms with van der Waals surface area (Å²) in [7, 11) is 0. The van der Waals surface area contributed by atoms with E-state index in [-0.39, 0.29) is 19.2 Å². The highest BCUT2D eigenvalue weighted by Crippen LogP contribution is 2.21. The van der Waals surface area contributed by atoms with E-state index in [0.29, 0.717) is 0 Å². The van der Waals surface area contributed by atoms with Gasteiger partial charge in [0.1, 0.15) is 6.42 Å². The topological polar surface area (TPSA) is 40.5 Å². The van der Waals surface area contributed by atoms with E-state index in [9.17, 15) is 18.0 Å². The Hall–Kier alpha value is -0.780. The van der Waals surface area contributed by atoms with Crippen molar-refractivity contribution in [2.24, 2.45) is 0 Å². The number of nitrogens with zero attached hydrogens (tertiary/aromatic N) is 1. The van der Waals surface area contributed by atoms with Crippen molar-refractivity contribution in [1.82, 2.24) is 4.90 Å². The molecule has 0 aromatic rings. The molecular formula is C8H14F3NO2. The zero-order valence-corrected chi connectivity index (χ0v) is 8.14. The van der Waals surface area contributed by atoms with Crippen LogP contribution in [0.3, 0.4) is 0 Å². The third kappa shape index (κ3) is 5.06. The van der Waals surface area contributed by atoms with Crippen LogP contribution in [0.5, 0.6) is 0 Å². The van der Waals surface area contributed by atoms with Crippen molar-refractivity contribution >= 4 is 5.91 Å². The first-order valence-electron chi connectivity index (χ1n) is 4.25. The molecule has 0 aromatic heterocycles. The van der Waals surface area contributed by atoms with E-state index >= 15 is 0 Å². The molecule has 3 nitrogen and oxygen atoms in total. The van der Waals surface area contributed by atoms with Crippen LogP contribution in [0.2, 0.25) is 0 Å². The third-order valence-electron chi connectivity index (χ3n) is 1.64. The SMILES string of the molecule is CC(C)N(CCO)C(=O)CC(F)(F)F. The van der Waals surface area contributed by atoms with E-state index in [4.69, 9.17) is 5.11 Å². The number of hydrogen-bond donors (Lipinski definition) is 1. The van der Waals surface area contributed by atoms with Crippen molar-refractivity contribution in [3.05, 3.63) is 0 Å². The number of carbonyl (C=O) groups is 1. The maximum atomic E-state index is 11.9. The van der Waals surface area contributed by atoms with Gasteiger partial charge in [-0.15, -0.1) is 0 Å². The van der Waals surface area contributed by atoms with Gasteiger partial charge < -0.3 is 10.0 Å². The zero-order valence-electron chi connectivity index (χ0n) is 8.14. The molecule has 6 heteroatoms. The van der Waals surface area contributed by atoms with Gasteiger partial charge >= 0.3 is 6.18 Å². The monoisotopic (exact) mass is 213 g/mol. The first-order valence-corrected chi connectivity index (χ1v) is 4.25. The van der Waals surface area contributed by atoms with Gasteiger partial charge in [-0.2, -0.15) is 13.2 Å². The van der Waals surface area contributed by atoms with Crippen LogP contribution in [0.1, 0.15) is 20.3 Å². The molecule has 0 aliphatic heterocycles. The van der Waals surface area contributed by atoms with Crippen molar-refractivity contribution in [3.63, 3.8) is 0 Å². The molecule has 84 valence electrons. The minimum atomic E-state index is -4.49.